The van der Waals surface area contributed by atoms with Crippen molar-refractivity contribution < 1.29 is 24.5 Å². The molecule has 0 unspecified atom stereocenters. The van der Waals surface area contributed by atoms with Crippen molar-refractivity contribution >= 4 is 12.2 Å². The van der Waals surface area contributed by atoms with Crippen molar-refractivity contribution in [2.24, 2.45) is 0 Å². The molecule has 1 heterocycles. The second-order valence-corrected chi connectivity index (χ2v) is 7.05. The van der Waals surface area contributed by atoms with E-state index >= 15 is 0 Å². The largest absolute Gasteiger partial charge is 0.465 e. The number of carboxylic acid groups (broad SMARTS) is 1. The van der Waals surface area contributed by atoms with Crippen LogP contribution < -0.4 is 5.32 Å². The van der Waals surface area contributed by atoms with Gasteiger partial charge in [0.15, 0.2) is 0 Å². The molecular formula is C21H24N2O5. The summed E-state index contributed by atoms with van der Waals surface area (Å²) in [5.41, 5.74) is 0.810. The lowest BCUT2D eigenvalue weighted by molar-refractivity contribution is 0.0599. The van der Waals surface area contributed by atoms with E-state index in [1.54, 1.807) is 0 Å². The van der Waals surface area contributed by atoms with Gasteiger partial charge in [0.25, 0.3) is 0 Å². The number of amides is 2. The third-order valence-electron chi connectivity index (χ3n) is 5.04. The van der Waals surface area contributed by atoms with Crippen LogP contribution in [0.5, 0.6) is 0 Å². The fourth-order valence-electron chi connectivity index (χ4n) is 3.71. The van der Waals surface area contributed by atoms with Crippen LogP contribution >= 0.6 is 0 Å². The molecule has 3 N–H and O–H groups in total. The number of carbonyl (C=O) groups is 2. The van der Waals surface area contributed by atoms with E-state index in [1.807, 2.05) is 60.7 Å². The van der Waals surface area contributed by atoms with E-state index in [9.17, 15) is 19.8 Å². The zero-order valence-corrected chi connectivity index (χ0v) is 15.5. The summed E-state index contributed by atoms with van der Waals surface area (Å²) < 4.78 is 5.23. The van der Waals surface area contributed by atoms with Crippen molar-refractivity contribution in [2.45, 2.75) is 31.0 Å². The summed E-state index contributed by atoms with van der Waals surface area (Å²) in [6, 6.07) is 18.3. The van der Waals surface area contributed by atoms with Crippen LogP contribution in [0.4, 0.5) is 9.59 Å². The summed E-state index contributed by atoms with van der Waals surface area (Å²) in [7, 11) is 0. The Morgan fingerprint density at radius 1 is 1.07 bits per heavy atom. The molecule has 1 aliphatic rings. The molecule has 0 radical (unpaired) electrons. The van der Waals surface area contributed by atoms with E-state index in [0.29, 0.717) is 12.8 Å². The minimum Gasteiger partial charge on any atom is -0.465 e. The Morgan fingerprint density at radius 2 is 1.68 bits per heavy atom. The van der Waals surface area contributed by atoms with Gasteiger partial charge in [-0.3, -0.25) is 4.90 Å². The van der Waals surface area contributed by atoms with Gasteiger partial charge < -0.3 is 20.3 Å². The second kappa shape index (κ2) is 8.75. The summed E-state index contributed by atoms with van der Waals surface area (Å²) in [6.07, 6.45) is -1.04. The lowest BCUT2D eigenvalue weighted by atomic mass is 9.88. The highest BCUT2D eigenvalue weighted by Crippen LogP contribution is 2.33. The Bertz CT molecular complexity index is 799. The Hall–Kier alpha value is -3.06. The van der Waals surface area contributed by atoms with Crippen molar-refractivity contribution in [3.63, 3.8) is 0 Å². The zero-order chi connectivity index (χ0) is 20.0. The Balaban J connectivity index is 1.65. The average molecular weight is 384 g/mol. The van der Waals surface area contributed by atoms with E-state index in [0.717, 1.165) is 11.1 Å². The molecule has 28 heavy (non-hydrogen) atoms. The van der Waals surface area contributed by atoms with Gasteiger partial charge in [-0.15, -0.1) is 0 Å². The molecule has 0 saturated carbocycles. The lowest BCUT2D eigenvalue weighted by Gasteiger charge is -2.35. The molecule has 1 saturated heterocycles. The summed E-state index contributed by atoms with van der Waals surface area (Å²) in [4.78, 5) is 25.1. The topological polar surface area (TPSA) is 99.1 Å². The highest BCUT2D eigenvalue weighted by atomic mass is 16.5. The number of benzene rings is 2. The van der Waals surface area contributed by atoms with E-state index in [1.165, 1.54) is 4.90 Å². The van der Waals surface area contributed by atoms with Gasteiger partial charge in [-0.25, -0.2) is 9.59 Å². The summed E-state index contributed by atoms with van der Waals surface area (Å²) in [6.45, 7) is -0.0915. The number of hydrogen-bond donors (Lipinski definition) is 3. The van der Waals surface area contributed by atoms with Gasteiger partial charge >= 0.3 is 12.2 Å². The predicted molar refractivity (Wildman–Crippen MR) is 103 cm³/mol. The van der Waals surface area contributed by atoms with Crippen LogP contribution in [0.1, 0.15) is 17.5 Å². The number of hydrogen-bond acceptors (Lipinski definition) is 4. The number of carbonyl (C=O) groups excluding carboxylic acids is 1. The number of likely N-dealkylation sites (tertiary alicyclic amines) is 1. The maximum Gasteiger partial charge on any atom is 0.407 e. The Labute approximate surface area is 163 Å². The van der Waals surface area contributed by atoms with E-state index < -0.39 is 23.8 Å². The molecular weight excluding hydrogens is 360 g/mol. The van der Waals surface area contributed by atoms with Crippen LogP contribution in [0.25, 0.3) is 0 Å². The van der Waals surface area contributed by atoms with Gasteiger partial charge in [-0.2, -0.15) is 0 Å². The van der Waals surface area contributed by atoms with Crippen LogP contribution in [0, 0.1) is 0 Å². The lowest BCUT2D eigenvalue weighted by Crippen LogP contribution is -2.51. The number of aliphatic hydroxyl groups excluding tert-OH is 1. The van der Waals surface area contributed by atoms with Gasteiger partial charge in [0, 0.05) is 6.54 Å². The van der Waals surface area contributed by atoms with Crippen LogP contribution in [-0.4, -0.2) is 52.0 Å². The van der Waals surface area contributed by atoms with Gasteiger partial charge in [-0.05, 0) is 24.0 Å². The first-order valence-corrected chi connectivity index (χ1v) is 9.15. The predicted octanol–water partition coefficient (Wildman–Crippen LogP) is 2.64. The molecule has 1 aliphatic heterocycles. The maximum atomic E-state index is 12.1. The Kier molecular flexibility index (Phi) is 6.16. The highest BCUT2D eigenvalue weighted by molar-refractivity contribution is 5.70. The van der Waals surface area contributed by atoms with Crippen molar-refractivity contribution in [3.8, 4) is 0 Å². The van der Waals surface area contributed by atoms with E-state index in [4.69, 9.17) is 4.74 Å². The molecule has 2 amide bonds. The van der Waals surface area contributed by atoms with E-state index in [-0.39, 0.29) is 19.8 Å². The Morgan fingerprint density at radius 3 is 2.25 bits per heavy atom. The monoisotopic (exact) mass is 384 g/mol. The fourth-order valence-corrected chi connectivity index (χ4v) is 3.71. The standard InChI is InChI=1S/C21H24N2O5/c24-15-21(11-16-7-3-1-4-8-16)12-18(13-23(21)20(26)27)22-19(25)28-14-17-9-5-2-6-10-17/h1-10,18,24H,11-15H2,(H,22,25)(H,26,27)/t18-,21-/m0/s1. The van der Waals surface area contributed by atoms with Crippen LogP contribution in [0.3, 0.4) is 0 Å². The molecule has 1 fully saturated rings. The molecule has 3 rings (SSSR count). The average Bonchev–Trinajstić information content (AvgIpc) is 3.06. The number of nitrogens with one attached hydrogen (secondary N) is 1. The first-order valence-electron chi connectivity index (χ1n) is 9.15. The number of aliphatic hydroxyl groups is 1. The first-order chi connectivity index (χ1) is 13.5. The normalized spacial score (nSPS) is 21.3. The molecule has 2 aromatic carbocycles. The minimum atomic E-state index is -1.12. The number of ether oxygens (including phenoxy) is 1. The number of rotatable bonds is 6. The second-order valence-electron chi connectivity index (χ2n) is 7.05. The summed E-state index contributed by atoms with van der Waals surface area (Å²) in [5, 5.41) is 22.4. The third-order valence-corrected chi connectivity index (χ3v) is 5.04. The maximum absolute atomic E-state index is 12.1. The van der Waals surface area contributed by atoms with Gasteiger partial charge in [0.2, 0.25) is 0 Å². The smallest absolute Gasteiger partial charge is 0.407 e. The fraction of sp³-hybridized carbons (Fsp3) is 0.333. The van der Waals surface area contributed by atoms with Crippen LogP contribution in [0.15, 0.2) is 60.7 Å². The quantitative estimate of drug-likeness (QED) is 0.711. The van der Waals surface area contributed by atoms with Crippen LogP contribution in [-0.2, 0) is 17.8 Å². The highest BCUT2D eigenvalue weighted by Gasteiger charge is 2.48. The minimum absolute atomic E-state index is 0.100. The molecule has 2 atom stereocenters. The molecule has 0 bridgehead atoms. The first kappa shape index (κ1) is 19.7. The summed E-state index contributed by atoms with van der Waals surface area (Å²) in [5.74, 6) is 0. The molecule has 7 heteroatoms. The van der Waals surface area contributed by atoms with Crippen molar-refractivity contribution in [2.75, 3.05) is 13.2 Å². The van der Waals surface area contributed by atoms with Crippen molar-refractivity contribution in [1.29, 1.82) is 0 Å². The molecule has 2 aromatic rings. The number of nitrogens with zero attached hydrogens (tertiary/aromatic N) is 1. The molecule has 148 valence electrons. The third kappa shape index (κ3) is 4.61. The van der Waals surface area contributed by atoms with Gasteiger partial charge in [-0.1, -0.05) is 60.7 Å². The molecule has 0 spiro atoms. The van der Waals surface area contributed by atoms with E-state index in [2.05, 4.69) is 5.32 Å². The molecule has 7 nitrogen and oxygen atoms in total. The molecule has 0 aromatic heterocycles. The number of alkyl carbamates (subject to hydrolysis) is 1. The molecule has 0 aliphatic carbocycles. The van der Waals surface area contributed by atoms with Gasteiger partial charge in [0.05, 0.1) is 18.2 Å². The SMILES string of the molecule is O=C(N[C@@H]1CN(C(=O)O)[C@@](CO)(Cc2ccccc2)C1)OCc1ccccc1. The van der Waals surface area contributed by atoms with Crippen LogP contribution in [0.2, 0.25) is 0 Å². The van der Waals surface area contributed by atoms with Crippen molar-refractivity contribution in [1.82, 2.24) is 10.2 Å². The van der Waals surface area contributed by atoms with Gasteiger partial charge in [0.1, 0.15) is 6.61 Å². The zero-order valence-electron chi connectivity index (χ0n) is 15.5. The summed E-state index contributed by atoms with van der Waals surface area (Å²) >= 11 is 0. The van der Waals surface area contributed by atoms with Crippen molar-refractivity contribution in [3.05, 3.63) is 71.8 Å².